The van der Waals surface area contributed by atoms with Crippen molar-refractivity contribution in [2.75, 3.05) is 0 Å². The van der Waals surface area contributed by atoms with Gasteiger partial charge in [-0.3, -0.25) is 4.98 Å². The van der Waals surface area contributed by atoms with Crippen molar-refractivity contribution in [3.05, 3.63) is 47.6 Å². The van der Waals surface area contributed by atoms with Gasteiger partial charge in [0.05, 0.1) is 11.9 Å². The molecule has 1 N–H and O–H groups in total. The van der Waals surface area contributed by atoms with Crippen LogP contribution in [0.15, 0.2) is 30.7 Å². The molecular formula is C21H20N4O2. The largest absolute Gasteiger partial charge is 0.478 e. The zero-order chi connectivity index (χ0) is 19.6. The quantitative estimate of drug-likeness (QED) is 0.554. The van der Waals surface area contributed by atoms with Gasteiger partial charge >= 0.3 is 5.97 Å². The van der Waals surface area contributed by atoms with Crippen molar-refractivity contribution >= 4 is 23.1 Å². The van der Waals surface area contributed by atoms with Crippen LogP contribution in [0.25, 0.3) is 28.2 Å². The second-order valence-corrected chi connectivity index (χ2v) is 6.42. The molecule has 0 radical (unpaired) electrons. The first-order valence-electron chi connectivity index (χ1n) is 8.68. The molecule has 3 aromatic heterocycles. The number of pyridine rings is 2. The minimum Gasteiger partial charge on any atom is -0.478 e. The van der Waals surface area contributed by atoms with Crippen molar-refractivity contribution in [3.8, 4) is 23.5 Å². The predicted octanol–water partition coefficient (Wildman–Crippen LogP) is 3.72. The van der Waals surface area contributed by atoms with Gasteiger partial charge in [-0.1, -0.05) is 19.8 Å². The van der Waals surface area contributed by atoms with E-state index in [1.807, 2.05) is 31.5 Å². The third kappa shape index (κ3) is 3.44. The van der Waals surface area contributed by atoms with Crippen molar-refractivity contribution in [3.63, 3.8) is 0 Å². The number of carbonyl (C=O) groups is 1. The molecule has 0 saturated heterocycles. The molecule has 0 bridgehead atoms. The third-order valence-electron chi connectivity index (χ3n) is 4.29. The molecular weight excluding hydrogens is 340 g/mol. The van der Waals surface area contributed by atoms with Crippen LogP contribution in [0.1, 0.15) is 43.5 Å². The number of carboxylic acids is 1. The lowest BCUT2D eigenvalue weighted by molar-refractivity contribution is -0.131. The molecule has 3 rings (SSSR count). The van der Waals surface area contributed by atoms with Crippen molar-refractivity contribution in [1.82, 2.24) is 19.7 Å². The highest BCUT2D eigenvalue weighted by atomic mass is 16.4. The number of aromatic nitrogens is 4. The van der Waals surface area contributed by atoms with E-state index < -0.39 is 5.97 Å². The summed E-state index contributed by atoms with van der Waals surface area (Å²) < 4.78 is 1.83. The smallest absolute Gasteiger partial charge is 0.328 e. The van der Waals surface area contributed by atoms with Gasteiger partial charge in [-0.05, 0) is 25.0 Å². The summed E-state index contributed by atoms with van der Waals surface area (Å²) in [6.07, 6.45) is 13.4. The molecule has 0 atom stereocenters. The van der Waals surface area contributed by atoms with Crippen molar-refractivity contribution in [2.24, 2.45) is 0 Å². The molecule has 6 nitrogen and oxygen atoms in total. The average molecular weight is 360 g/mol. The molecule has 3 aromatic rings. The topological polar surface area (TPSA) is 80.9 Å². The van der Waals surface area contributed by atoms with Crippen LogP contribution < -0.4 is 0 Å². The van der Waals surface area contributed by atoms with E-state index in [1.165, 1.54) is 0 Å². The van der Waals surface area contributed by atoms with Gasteiger partial charge in [0.25, 0.3) is 0 Å². The monoisotopic (exact) mass is 360 g/mol. The second-order valence-electron chi connectivity index (χ2n) is 6.42. The first-order valence-corrected chi connectivity index (χ1v) is 8.68. The molecule has 0 aliphatic rings. The summed E-state index contributed by atoms with van der Waals surface area (Å²) in [7, 11) is 0. The maximum atomic E-state index is 11.2. The molecule has 0 aliphatic carbocycles. The van der Waals surface area contributed by atoms with E-state index in [0.717, 1.165) is 39.5 Å². The van der Waals surface area contributed by atoms with Gasteiger partial charge in [-0.15, -0.1) is 6.42 Å². The predicted molar refractivity (Wildman–Crippen MR) is 105 cm³/mol. The van der Waals surface area contributed by atoms with E-state index in [-0.39, 0.29) is 5.92 Å². The van der Waals surface area contributed by atoms with Crippen LogP contribution >= 0.6 is 0 Å². The SMILES string of the molecule is C#Cc1cncc(-c2c(C=CC(=O)O)c(C(C)C)nc3c2cnn3CC)c1. The lowest BCUT2D eigenvalue weighted by Crippen LogP contribution is -2.05. The first-order chi connectivity index (χ1) is 13.0. The number of aryl methyl sites for hydroxylation is 1. The Labute approximate surface area is 157 Å². The van der Waals surface area contributed by atoms with Gasteiger partial charge in [-0.25, -0.2) is 14.5 Å². The Balaban J connectivity index is 2.45. The summed E-state index contributed by atoms with van der Waals surface area (Å²) in [4.78, 5) is 20.2. The van der Waals surface area contributed by atoms with Crippen LogP contribution in [0, 0.1) is 12.3 Å². The van der Waals surface area contributed by atoms with Gasteiger partial charge in [0.2, 0.25) is 0 Å². The normalized spacial score (nSPS) is 11.4. The summed E-state index contributed by atoms with van der Waals surface area (Å²) in [5.74, 6) is 1.67. The number of hydrogen-bond acceptors (Lipinski definition) is 4. The molecule has 136 valence electrons. The van der Waals surface area contributed by atoms with E-state index in [2.05, 4.69) is 16.0 Å². The molecule has 0 unspecified atom stereocenters. The van der Waals surface area contributed by atoms with Crippen LogP contribution in [-0.2, 0) is 11.3 Å². The van der Waals surface area contributed by atoms with Crippen LogP contribution in [0.2, 0.25) is 0 Å². The van der Waals surface area contributed by atoms with Gasteiger partial charge in [0.1, 0.15) is 0 Å². The molecule has 0 spiro atoms. The number of nitrogens with zero attached hydrogens (tertiary/aromatic N) is 4. The highest BCUT2D eigenvalue weighted by molar-refractivity contribution is 5.99. The number of aliphatic carboxylic acids is 1. The zero-order valence-corrected chi connectivity index (χ0v) is 15.5. The molecule has 3 heterocycles. The van der Waals surface area contributed by atoms with Crippen molar-refractivity contribution in [1.29, 1.82) is 0 Å². The minimum absolute atomic E-state index is 0.0885. The van der Waals surface area contributed by atoms with Gasteiger partial charge in [0, 0.05) is 52.7 Å². The standard InChI is InChI=1S/C21H20N4O2/c1-5-14-9-15(11-22-10-14)19-16(7-8-18(26)27)20(13(3)4)24-21-17(19)12-23-25(21)6-2/h1,7-13H,6H2,2-4H3,(H,26,27). The third-order valence-corrected chi connectivity index (χ3v) is 4.29. The fourth-order valence-corrected chi connectivity index (χ4v) is 3.08. The van der Waals surface area contributed by atoms with E-state index in [4.69, 9.17) is 16.5 Å². The molecule has 0 amide bonds. The molecule has 6 heteroatoms. The Kier molecular flexibility index (Phi) is 5.04. The van der Waals surface area contributed by atoms with Crippen molar-refractivity contribution in [2.45, 2.75) is 33.2 Å². The minimum atomic E-state index is -1.02. The highest BCUT2D eigenvalue weighted by Crippen LogP contribution is 2.36. The second kappa shape index (κ2) is 7.42. The van der Waals surface area contributed by atoms with Gasteiger partial charge in [0.15, 0.2) is 5.65 Å². The number of fused-ring (bicyclic) bond motifs is 1. The van der Waals surface area contributed by atoms with Crippen LogP contribution in [-0.4, -0.2) is 30.8 Å². The highest BCUT2D eigenvalue weighted by Gasteiger charge is 2.20. The summed E-state index contributed by atoms with van der Waals surface area (Å²) >= 11 is 0. The molecule has 0 aliphatic heterocycles. The maximum Gasteiger partial charge on any atom is 0.328 e. The molecule has 0 aromatic carbocycles. The summed E-state index contributed by atoms with van der Waals surface area (Å²) in [6.45, 7) is 6.74. The summed E-state index contributed by atoms with van der Waals surface area (Å²) in [5.41, 5.74) is 4.60. The lowest BCUT2D eigenvalue weighted by Gasteiger charge is -2.16. The molecule has 27 heavy (non-hydrogen) atoms. The number of terminal acetylenes is 1. The summed E-state index contributed by atoms with van der Waals surface area (Å²) in [6, 6.07) is 1.87. The van der Waals surface area contributed by atoms with E-state index in [1.54, 1.807) is 24.7 Å². The fraction of sp³-hybridized carbons (Fsp3) is 0.238. The number of carboxylic acid groups (broad SMARTS) is 1. The van der Waals surface area contributed by atoms with Gasteiger partial charge < -0.3 is 5.11 Å². The Bertz CT molecular complexity index is 1090. The number of hydrogen-bond donors (Lipinski definition) is 1. The maximum absolute atomic E-state index is 11.2. The van der Waals surface area contributed by atoms with Crippen LogP contribution in [0.5, 0.6) is 0 Å². The van der Waals surface area contributed by atoms with Crippen LogP contribution in [0.4, 0.5) is 0 Å². The number of rotatable bonds is 5. The Morgan fingerprint density at radius 1 is 1.37 bits per heavy atom. The Hall–Kier alpha value is -3.46. The zero-order valence-electron chi connectivity index (χ0n) is 15.5. The Morgan fingerprint density at radius 2 is 2.15 bits per heavy atom. The Morgan fingerprint density at radius 3 is 2.78 bits per heavy atom. The average Bonchev–Trinajstić information content (AvgIpc) is 3.07. The van der Waals surface area contributed by atoms with Crippen molar-refractivity contribution < 1.29 is 9.90 Å². The summed E-state index contributed by atoms with van der Waals surface area (Å²) in [5, 5.41) is 14.4. The fourth-order valence-electron chi connectivity index (χ4n) is 3.08. The van der Waals surface area contributed by atoms with Gasteiger partial charge in [-0.2, -0.15) is 5.10 Å². The lowest BCUT2D eigenvalue weighted by atomic mass is 9.92. The van der Waals surface area contributed by atoms with Crippen LogP contribution in [0.3, 0.4) is 0 Å². The van der Waals surface area contributed by atoms with E-state index in [9.17, 15) is 4.79 Å². The van der Waals surface area contributed by atoms with E-state index >= 15 is 0 Å². The van der Waals surface area contributed by atoms with E-state index in [0.29, 0.717) is 12.1 Å². The molecule has 0 fully saturated rings. The molecule has 0 saturated carbocycles. The first kappa shape index (κ1) is 18.3.